The SMILES string of the molecule is CCN=C1S/C(=C/c2ccc(-c3ccccc3C(=O)OC)o2)C(=O)N1CC. The van der Waals surface area contributed by atoms with Gasteiger partial charge in [0.2, 0.25) is 0 Å². The van der Waals surface area contributed by atoms with E-state index in [1.54, 1.807) is 41.3 Å². The van der Waals surface area contributed by atoms with E-state index in [1.807, 2.05) is 19.9 Å². The summed E-state index contributed by atoms with van der Waals surface area (Å²) in [6, 6.07) is 10.6. The standard InChI is InChI=1S/C20H20N2O4S/c1-4-21-20-22(5-2)18(23)17(27-20)12-13-10-11-16(26-13)14-8-6-7-9-15(14)19(24)25-3/h6-12H,4-5H2,1-3H3/b17-12+,21-20?. The molecule has 2 aromatic rings. The average Bonchev–Trinajstić information content (AvgIpc) is 3.26. The first-order valence-corrected chi connectivity index (χ1v) is 9.44. The van der Waals surface area contributed by atoms with Crippen LogP contribution in [0.2, 0.25) is 0 Å². The van der Waals surface area contributed by atoms with Crippen LogP contribution in [0.15, 0.2) is 50.7 Å². The lowest BCUT2D eigenvalue weighted by Gasteiger charge is -2.11. The minimum Gasteiger partial charge on any atom is -0.465 e. The number of hydrogen-bond donors (Lipinski definition) is 0. The fourth-order valence-electron chi connectivity index (χ4n) is 2.73. The molecule has 0 atom stereocenters. The summed E-state index contributed by atoms with van der Waals surface area (Å²) in [5, 5.41) is 0.707. The number of rotatable bonds is 5. The van der Waals surface area contributed by atoms with Gasteiger partial charge in [-0.2, -0.15) is 0 Å². The highest BCUT2D eigenvalue weighted by Crippen LogP contribution is 2.34. The van der Waals surface area contributed by atoms with E-state index in [1.165, 1.54) is 18.9 Å². The molecule has 1 aromatic carbocycles. The Balaban J connectivity index is 1.92. The van der Waals surface area contributed by atoms with Crippen LogP contribution in [0.1, 0.15) is 30.0 Å². The van der Waals surface area contributed by atoms with Gasteiger partial charge in [-0.3, -0.25) is 14.7 Å². The Labute approximate surface area is 161 Å². The second kappa shape index (κ2) is 8.26. The van der Waals surface area contributed by atoms with Gasteiger partial charge in [-0.1, -0.05) is 18.2 Å². The van der Waals surface area contributed by atoms with E-state index in [0.29, 0.717) is 45.8 Å². The Morgan fingerprint density at radius 2 is 2.04 bits per heavy atom. The largest absolute Gasteiger partial charge is 0.465 e. The van der Waals surface area contributed by atoms with Crippen LogP contribution in [0.5, 0.6) is 0 Å². The summed E-state index contributed by atoms with van der Waals surface area (Å²) in [6.45, 7) is 5.04. The molecule has 3 rings (SSSR count). The second-order valence-electron chi connectivity index (χ2n) is 5.66. The predicted octanol–water partition coefficient (Wildman–Crippen LogP) is 4.05. The maximum absolute atomic E-state index is 12.5. The van der Waals surface area contributed by atoms with E-state index in [0.717, 1.165) is 0 Å². The van der Waals surface area contributed by atoms with E-state index in [2.05, 4.69) is 4.99 Å². The number of thioether (sulfide) groups is 1. The highest BCUT2D eigenvalue weighted by molar-refractivity contribution is 8.18. The van der Waals surface area contributed by atoms with Crippen molar-refractivity contribution >= 4 is 34.9 Å². The van der Waals surface area contributed by atoms with E-state index < -0.39 is 5.97 Å². The van der Waals surface area contributed by atoms with Crippen molar-refractivity contribution in [3.63, 3.8) is 0 Å². The monoisotopic (exact) mass is 384 g/mol. The molecule has 1 saturated heterocycles. The van der Waals surface area contributed by atoms with Gasteiger partial charge >= 0.3 is 5.97 Å². The van der Waals surface area contributed by atoms with Crippen LogP contribution in [-0.2, 0) is 9.53 Å². The van der Waals surface area contributed by atoms with E-state index in [-0.39, 0.29) is 5.91 Å². The van der Waals surface area contributed by atoms with Gasteiger partial charge in [-0.05, 0) is 43.8 Å². The maximum atomic E-state index is 12.5. The zero-order valence-corrected chi connectivity index (χ0v) is 16.2. The number of amidine groups is 1. The van der Waals surface area contributed by atoms with Crippen LogP contribution in [-0.4, -0.2) is 42.1 Å². The smallest absolute Gasteiger partial charge is 0.338 e. The van der Waals surface area contributed by atoms with Crippen molar-refractivity contribution in [3.05, 3.63) is 52.6 Å². The highest BCUT2D eigenvalue weighted by atomic mass is 32.2. The van der Waals surface area contributed by atoms with Crippen molar-refractivity contribution in [2.75, 3.05) is 20.2 Å². The topological polar surface area (TPSA) is 72.1 Å². The molecule has 140 valence electrons. The molecule has 0 radical (unpaired) electrons. The molecule has 1 aromatic heterocycles. The van der Waals surface area contributed by atoms with Gasteiger partial charge in [0.15, 0.2) is 5.17 Å². The number of methoxy groups -OCH3 is 1. The molecule has 6 nitrogen and oxygen atoms in total. The third-order valence-electron chi connectivity index (χ3n) is 4.00. The van der Waals surface area contributed by atoms with E-state index in [9.17, 15) is 9.59 Å². The fourth-order valence-corrected chi connectivity index (χ4v) is 3.82. The van der Waals surface area contributed by atoms with Crippen LogP contribution in [0.4, 0.5) is 0 Å². The lowest BCUT2D eigenvalue weighted by Crippen LogP contribution is -2.28. The maximum Gasteiger partial charge on any atom is 0.338 e. The summed E-state index contributed by atoms with van der Waals surface area (Å²) >= 11 is 1.34. The second-order valence-corrected chi connectivity index (χ2v) is 6.67. The number of nitrogens with zero attached hydrogens (tertiary/aromatic N) is 2. The number of furan rings is 1. The fraction of sp³-hybridized carbons (Fsp3) is 0.250. The third-order valence-corrected chi connectivity index (χ3v) is 5.04. The van der Waals surface area contributed by atoms with Gasteiger partial charge in [0.05, 0.1) is 17.6 Å². The molecule has 7 heteroatoms. The molecular formula is C20H20N2O4S. The summed E-state index contributed by atoms with van der Waals surface area (Å²) in [7, 11) is 1.34. The molecule has 1 aliphatic rings. The number of esters is 1. The van der Waals surface area contributed by atoms with Gasteiger partial charge in [0.1, 0.15) is 11.5 Å². The number of carbonyl (C=O) groups excluding carboxylic acids is 2. The van der Waals surface area contributed by atoms with Gasteiger partial charge in [0.25, 0.3) is 5.91 Å². The van der Waals surface area contributed by atoms with Crippen LogP contribution >= 0.6 is 11.8 Å². The van der Waals surface area contributed by atoms with Crippen LogP contribution in [0, 0.1) is 0 Å². The zero-order valence-electron chi connectivity index (χ0n) is 15.4. The number of carbonyl (C=O) groups is 2. The minimum absolute atomic E-state index is 0.0809. The molecular weight excluding hydrogens is 364 g/mol. The average molecular weight is 384 g/mol. The lowest BCUT2D eigenvalue weighted by atomic mass is 10.1. The summed E-state index contributed by atoms with van der Waals surface area (Å²) in [4.78, 5) is 31.1. The van der Waals surface area contributed by atoms with E-state index >= 15 is 0 Å². The Bertz CT molecular complexity index is 930. The van der Waals surface area contributed by atoms with Crippen LogP contribution < -0.4 is 0 Å². The normalized spacial score (nSPS) is 17.1. The number of amides is 1. The number of aliphatic imine (C=N–C) groups is 1. The van der Waals surface area contributed by atoms with E-state index in [4.69, 9.17) is 9.15 Å². The van der Waals surface area contributed by atoms with Crippen LogP contribution in [0.25, 0.3) is 17.4 Å². The first-order chi connectivity index (χ1) is 13.1. The van der Waals surface area contributed by atoms with Crippen molar-refractivity contribution in [1.29, 1.82) is 0 Å². The molecule has 0 saturated carbocycles. The molecule has 0 spiro atoms. The van der Waals surface area contributed by atoms with Gasteiger partial charge < -0.3 is 9.15 Å². The molecule has 1 amide bonds. The number of benzene rings is 1. The Morgan fingerprint density at radius 3 is 2.74 bits per heavy atom. The number of hydrogen-bond acceptors (Lipinski definition) is 6. The van der Waals surface area contributed by atoms with Crippen molar-refractivity contribution in [2.45, 2.75) is 13.8 Å². The quantitative estimate of drug-likeness (QED) is 0.574. The zero-order chi connectivity index (χ0) is 19.4. The Morgan fingerprint density at radius 1 is 1.26 bits per heavy atom. The summed E-state index contributed by atoms with van der Waals surface area (Å²) < 4.78 is 10.7. The molecule has 2 heterocycles. The number of likely N-dealkylation sites (N-methyl/N-ethyl adjacent to an activating group) is 1. The molecule has 27 heavy (non-hydrogen) atoms. The van der Waals surface area contributed by atoms with Crippen LogP contribution in [0.3, 0.4) is 0 Å². The molecule has 0 bridgehead atoms. The Kier molecular flexibility index (Phi) is 5.81. The molecule has 1 aliphatic heterocycles. The van der Waals surface area contributed by atoms with Crippen molar-refractivity contribution in [2.24, 2.45) is 4.99 Å². The summed E-state index contributed by atoms with van der Waals surface area (Å²) in [6.07, 6.45) is 1.71. The predicted molar refractivity (Wildman–Crippen MR) is 106 cm³/mol. The summed E-state index contributed by atoms with van der Waals surface area (Å²) in [5.41, 5.74) is 1.07. The van der Waals surface area contributed by atoms with Gasteiger partial charge in [-0.25, -0.2) is 4.79 Å². The third kappa shape index (κ3) is 3.83. The minimum atomic E-state index is -0.428. The first-order valence-electron chi connectivity index (χ1n) is 8.62. The number of ether oxygens (including phenoxy) is 1. The molecule has 0 unspecified atom stereocenters. The van der Waals surface area contributed by atoms with Crippen molar-refractivity contribution in [1.82, 2.24) is 4.90 Å². The van der Waals surface area contributed by atoms with Gasteiger partial charge in [0, 0.05) is 24.7 Å². The highest BCUT2D eigenvalue weighted by Gasteiger charge is 2.32. The lowest BCUT2D eigenvalue weighted by molar-refractivity contribution is -0.122. The molecule has 0 aliphatic carbocycles. The Hall–Kier alpha value is -2.80. The van der Waals surface area contributed by atoms with Gasteiger partial charge in [-0.15, -0.1) is 0 Å². The molecule has 1 fully saturated rings. The molecule has 0 N–H and O–H groups in total. The summed E-state index contributed by atoms with van der Waals surface area (Å²) in [5.74, 6) is 0.562. The van der Waals surface area contributed by atoms with Crippen molar-refractivity contribution in [3.8, 4) is 11.3 Å². The first kappa shape index (κ1) is 19.0. The van der Waals surface area contributed by atoms with Crippen molar-refractivity contribution < 1.29 is 18.7 Å².